The molecule has 0 bridgehead atoms. The van der Waals surface area contributed by atoms with Crippen molar-refractivity contribution in [1.82, 2.24) is 9.80 Å². The van der Waals surface area contributed by atoms with Gasteiger partial charge in [0.25, 0.3) is 0 Å². The lowest BCUT2D eigenvalue weighted by Crippen LogP contribution is -2.50. The number of hydrogen-bond acceptors (Lipinski definition) is 3. The van der Waals surface area contributed by atoms with Crippen molar-refractivity contribution in [1.29, 1.82) is 0 Å². The molecule has 1 amide bonds. The van der Waals surface area contributed by atoms with E-state index in [9.17, 15) is 4.79 Å². The number of para-hydroxylation sites is 1. The van der Waals surface area contributed by atoms with Gasteiger partial charge in [-0.05, 0) is 31.4 Å². The highest BCUT2D eigenvalue weighted by Crippen LogP contribution is 2.23. The second-order valence-electron chi connectivity index (χ2n) is 6.70. The van der Waals surface area contributed by atoms with Crippen LogP contribution in [0.15, 0.2) is 24.3 Å². The quantitative estimate of drug-likeness (QED) is 0.908. The van der Waals surface area contributed by atoms with Crippen molar-refractivity contribution in [2.45, 2.75) is 39.7 Å². The summed E-state index contributed by atoms with van der Waals surface area (Å²) in [5.41, 5.74) is 2.14. The summed E-state index contributed by atoms with van der Waals surface area (Å²) >= 11 is 0. The summed E-state index contributed by atoms with van der Waals surface area (Å²) in [5, 5.41) is 3.08. The third kappa shape index (κ3) is 4.55. The van der Waals surface area contributed by atoms with E-state index >= 15 is 0 Å². The van der Waals surface area contributed by atoms with Gasteiger partial charge in [0.05, 0.1) is 6.54 Å². The predicted octanol–water partition coefficient (Wildman–Crippen LogP) is 2.77. The fourth-order valence-electron chi connectivity index (χ4n) is 2.94. The lowest BCUT2D eigenvalue weighted by atomic mass is 10.0. The fourth-order valence-corrected chi connectivity index (χ4v) is 2.94. The lowest BCUT2D eigenvalue weighted by Gasteiger charge is -2.36. The first-order valence-corrected chi connectivity index (χ1v) is 8.32. The van der Waals surface area contributed by atoms with Gasteiger partial charge in [-0.2, -0.15) is 0 Å². The smallest absolute Gasteiger partial charge is 0.238 e. The molecular formula is C18H29N3O. The predicted molar refractivity (Wildman–Crippen MR) is 92.3 cm³/mol. The number of carbonyl (C=O) groups is 1. The van der Waals surface area contributed by atoms with Crippen LogP contribution in [0.1, 0.15) is 39.2 Å². The van der Waals surface area contributed by atoms with Gasteiger partial charge in [-0.3, -0.25) is 14.6 Å². The number of amides is 1. The van der Waals surface area contributed by atoms with Gasteiger partial charge in [0.15, 0.2) is 0 Å². The van der Waals surface area contributed by atoms with E-state index in [-0.39, 0.29) is 5.91 Å². The first-order valence-electron chi connectivity index (χ1n) is 8.32. The molecule has 0 radical (unpaired) electrons. The maximum Gasteiger partial charge on any atom is 0.238 e. The van der Waals surface area contributed by atoms with Gasteiger partial charge >= 0.3 is 0 Å². The number of anilines is 1. The summed E-state index contributed by atoms with van der Waals surface area (Å²) in [5.74, 6) is 0.497. The Kier molecular flexibility index (Phi) is 5.98. The van der Waals surface area contributed by atoms with Crippen molar-refractivity contribution in [3.8, 4) is 0 Å². The molecule has 1 N–H and O–H groups in total. The van der Waals surface area contributed by atoms with Gasteiger partial charge in [-0.25, -0.2) is 0 Å². The Hall–Kier alpha value is -1.39. The van der Waals surface area contributed by atoms with Crippen molar-refractivity contribution in [3.05, 3.63) is 29.8 Å². The molecule has 0 atom stereocenters. The third-order valence-corrected chi connectivity index (χ3v) is 4.36. The number of nitrogens with one attached hydrogen (secondary N) is 1. The second kappa shape index (κ2) is 7.75. The topological polar surface area (TPSA) is 35.6 Å². The van der Waals surface area contributed by atoms with E-state index in [1.54, 1.807) is 0 Å². The van der Waals surface area contributed by atoms with Crippen molar-refractivity contribution < 1.29 is 4.79 Å². The molecule has 1 fully saturated rings. The van der Waals surface area contributed by atoms with Gasteiger partial charge in [0.1, 0.15) is 0 Å². The first kappa shape index (κ1) is 17.0. The normalized spacial score (nSPS) is 17.2. The van der Waals surface area contributed by atoms with Crippen LogP contribution in [0.4, 0.5) is 5.69 Å². The van der Waals surface area contributed by atoms with E-state index in [4.69, 9.17) is 0 Å². The minimum Gasteiger partial charge on any atom is -0.325 e. The number of hydrogen-bond donors (Lipinski definition) is 1. The van der Waals surface area contributed by atoms with E-state index in [1.807, 2.05) is 18.2 Å². The van der Waals surface area contributed by atoms with Crippen molar-refractivity contribution in [2.75, 3.05) is 38.0 Å². The minimum atomic E-state index is 0.0890. The lowest BCUT2D eigenvalue weighted by molar-refractivity contribution is -0.117. The van der Waals surface area contributed by atoms with Crippen molar-refractivity contribution in [3.63, 3.8) is 0 Å². The fraction of sp³-hybridized carbons (Fsp3) is 0.611. The zero-order valence-electron chi connectivity index (χ0n) is 14.3. The molecule has 1 aromatic carbocycles. The molecule has 4 heteroatoms. The van der Waals surface area contributed by atoms with Gasteiger partial charge in [0.2, 0.25) is 5.91 Å². The largest absolute Gasteiger partial charge is 0.325 e. The molecule has 2 rings (SSSR count). The van der Waals surface area contributed by atoms with Crippen LogP contribution in [-0.2, 0) is 4.79 Å². The Morgan fingerprint density at radius 2 is 1.73 bits per heavy atom. The molecule has 1 aliphatic rings. The maximum absolute atomic E-state index is 12.3. The molecule has 1 heterocycles. The molecular weight excluding hydrogens is 274 g/mol. The van der Waals surface area contributed by atoms with Crippen LogP contribution in [0.25, 0.3) is 0 Å². The Morgan fingerprint density at radius 1 is 1.09 bits per heavy atom. The molecule has 0 aliphatic carbocycles. The molecule has 1 aliphatic heterocycles. The number of carbonyl (C=O) groups excluding carboxylic acids is 1. The molecule has 0 aromatic heterocycles. The van der Waals surface area contributed by atoms with E-state index < -0.39 is 0 Å². The molecule has 122 valence electrons. The summed E-state index contributed by atoms with van der Waals surface area (Å²) in [6.07, 6.45) is 0. The van der Waals surface area contributed by atoms with Crippen LogP contribution in [-0.4, -0.2) is 54.5 Å². The number of nitrogens with zero attached hydrogens (tertiary/aromatic N) is 2. The Balaban J connectivity index is 1.87. The van der Waals surface area contributed by atoms with E-state index in [1.165, 1.54) is 5.56 Å². The zero-order valence-corrected chi connectivity index (χ0v) is 14.3. The number of piperazine rings is 1. The third-order valence-electron chi connectivity index (χ3n) is 4.36. The summed E-state index contributed by atoms with van der Waals surface area (Å²) in [4.78, 5) is 17.0. The van der Waals surface area contributed by atoms with Gasteiger partial charge in [-0.15, -0.1) is 0 Å². The molecule has 0 unspecified atom stereocenters. The Labute approximate surface area is 134 Å². The first-order chi connectivity index (χ1) is 10.5. The molecule has 22 heavy (non-hydrogen) atoms. The van der Waals surface area contributed by atoms with Crippen LogP contribution in [0.3, 0.4) is 0 Å². The summed E-state index contributed by atoms with van der Waals surface area (Å²) in [6, 6.07) is 8.67. The number of rotatable bonds is 5. The van der Waals surface area contributed by atoms with E-state index in [0.29, 0.717) is 18.5 Å². The van der Waals surface area contributed by atoms with Crippen molar-refractivity contribution in [2.24, 2.45) is 0 Å². The Bertz CT molecular complexity index is 491. The molecule has 1 saturated heterocycles. The standard InChI is InChI=1S/C18H29N3O/c1-14(2)16-7-5-6-8-17(16)19-18(22)13-20-9-11-21(12-10-20)15(3)4/h5-8,14-15H,9-13H2,1-4H3,(H,19,22). The molecule has 0 spiro atoms. The van der Waals surface area contributed by atoms with Crippen molar-refractivity contribution >= 4 is 11.6 Å². The van der Waals surface area contributed by atoms with E-state index in [0.717, 1.165) is 31.9 Å². The van der Waals surface area contributed by atoms with Crippen LogP contribution in [0.2, 0.25) is 0 Å². The number of benzene rings is 1. The van der Waals surface area contributed by atoms with Gasteiger partial charge in [-0.1, -0.05) is 32.0 Å². The van der Waals surface area contributed by atoms with Gasteiger partial charge < -0.3 is 5.32 Å². The SMILES string of the molecule is CC(C)c1ccccc1NC(=O)CN1CCN(C(C)C)CC1. The Morgan fingerprint density at radius 3 is 2.32 bits per heavy atom. The highest BCUT2D eigenvalue weighted by molar-refractivity contribution is 5.93. The summed E-state index contributed by atoms with van der Waals surface area (Å²) in [6.45, 7) is 13.3. The van der Waals surface area contributed by atoms with Crippen LogP contribution < -0.4 is 5.32 Å². The zero-order chi connectivity index (χ0) is 16.1. The molecule has 0 saturated carbocycles. The average Bonchev–Trinajstić information content (AvgIpc) is 2.48. The van der Waals surface area contributed by atoms with E-state index in [2.05, 4.69) is 48.9 Å². The summed E-state index contributed by atoms with van der Waals surface area (Å²) < 4.78 is 0. The monoisotopic (exact) mass is 303 g/mol. The minimum absolute atomic E-state index is 0.0890. The second-order valence-corrected chi connectivity index (χ2v) is 6.70. The highest BCUT2D eigenvalue weighted by atomic mass is 16.2. The highest BCUT2D eigenvalue weighted by Gasteiger charge is 2.20. The maximum atomic E-state index is 12.3. The van der Waals surface area contributed by atoms with Crippen LogP contribution >= 0.6 is 0 Å². The van der Waals surface area contributed by atoms with Gasteiger partial charge in [0, 0.05) is 37.9 Å². The average molecular weight is 303 g/mol. The van der Waals surface area contributed by atoms with Crippen LogP contribution in [0, 0.1) is 0 Å². The molecule has 4 nitrogen and oxygen atoms in total. The summed E-state index contributed by atoms with van der Waals surface area (Å²) in [7, 11) is 0. The van der Waals surface area contributed by atoms with Crippen LogP contribution in [0.5, 0.6) is 0 Å². The molecule has 1 aromatic rings.